The van der Waals surface area contributed by atoms with Gasteiger partial charge in [0.15, 0.2) is 29.7 Å². The van der Waals surface area contributed by atoms with E-state index in [1.807, 2.05) is 52.8 Å². The summed E-state index contributed by atoms with van der Waals surface area (Å²) in [5, 5.41) is 3.02. The lowest BCUT2D eigenvalue weighted by Gasteiger charge is -2.42. The molecule has 2 aliphatic carbocycles. The maximum Gasteiger partial charge on any atom is 0.262 e. The number of ketones is 2. The summed E-state index contributed by atoms with van der Waals surface area (Å²) < 4.78 is 17.8. The molecule has 2 aromatic carbocycles. The van der Waals surface area contributed by atoms with Crippen LogP contribution in [0.5, 0.6) is 11.5 Å². The highest BCUT2D eigenvalue weighted by atomic mass is 35.5. The molecule has 2 aromatic rings. The number of amides is 1. The Labute approximate surface area is 245 Å². The molecule has 1 aliphatic heterocycles. The highest BCUT2D eigenvalue weighted by Crippen LogP contribution is 2.54. The van der Waals surface area contributed by atoms with E-state index < -0.39 is 5.92 Å². The van der Waals surface area contributed by atoms with Crippen LogP contribution in [0.3, 0.4) is 0 Å². The Kier molecular flexibility index (Phi) is 7.53. The summed E-state index contributed by atoms with van der Waals surface area (Å²) in [5.74, 6) is 0.734. The Hall–Kier alpha value is -3.58. The number of benzene rings is 2. The number of rotatable bonds is 6. The van der Waals surface area contributed by atoms with Gasteiger partial charge in [0, 0.05) is 48.4 Å². The maximum atomic E-state index is 13.6. The van der Waals surface area contributed by atoms with E-state index in [0.717, 1.165) is 5.56 Å². The topological polar surface area (TPSA) is 90.9 Å². The number of allylic oxidation sites excluding steroid dienone is 4. The number of halogens is 1. The summed E-state index contributed by atoms with van der Waals surface area (Å²) in [7, 11) is 1.48. The van der Waals surface area contributed by atoms with E-state index in [1.54, 1.807) is 18.2 Å². The first kappa shape index (κ1) is 28.9. The second kappa shape index (κ2) is 10.7. The molecule has 0 spiro atoms. The smallest absolute Gasteiger partial charge is 0.262 e. The molecule has 0 aromatic heterocycles. The first-order chi connectivity index (χ1) is 19.3. The number of carbonyl (C=O) groups is 3. The highest BCUT2D eigenvalue weighted by molar-refractivity contribution is 6.32. The average Bonchev–Trinajstić information content (AvgIpc) is 2.84. The lowest BCUT2D eigenvalue weighted by atomic mass is 9.65. The van der Waals surface area contributed by atoms with Crippen molar-refractivity contribution in [1.82, 2.24) is 0 Å². The van der Waals surface area contributed by atoms with Crippen LogP contribution in [0.15, 0.2) is 59.1 Å². The second-order valence-corrected chi connectivity index (χ2v) is 13.2. The molecule has 0 fully saturated rings. The number of ether oxygens (including phenoxy) is 3. The van der Waals surface area contributed by atoms with E-state index in [4.69, 9.17) is 25.8 Å². The molecule has 0 unspecified atom stereocenters. The molecule has 0 radical (unpaired) electrons. The number of hydrogen-bond donors (Lipinski definition) is 1. The van der Waals surface area contributed by atoms with Crippen molar-refractivity contribution in [3.8, 4) is 11.5 Å². The van der Waals surface area contributed by atoms with E-state index >= 15 is 0 Å². The molecule has 8 heteroatoms. The Bertz CT molecular complexity index is 1460. The van der Waals surface area contributed by atoms with Crippen LogP contribution in [-0.4, -0.2) is 31.2 Å². The Morgan fingerprint density at radius 3 is 2.15 bits per heavy atom. The van der Waals surface area contributed by atoms with Crippen LogP contribution in [-0.2, 0) is 19.1 Å². The van der Waals surface area contributed by atoms with Crippen LogP contribution in [0, 0.1) is 17.8 Å². The molecule has 1 heterocycles. The van der Waals surface area contributed by atoms with Crippen molar-refractivity contribution in [1.29, 1.82) is 0 Å². The number of anilines is 1. The van der Waals surface area contributed by atoms with Crippen molar-refractivity contribution in [2.75, 3.05) is 19.0 Å². The summed E-state index contributed by atoms with van der Waals surface area (Å²) in [6.45, 7) is 9.86. The van der Waals surface area contributed by atoms with Crippen LogP contribution < -0.4 is 14.8 Å². The minimum Gasteiger partial charge on any atom is -0.493 e. The molecule has 5 rings (SSSR count). The van der Waals surface area contributed by atoms with Crippen molar-refractivity contribution in [3.63, 3.8) is 0 Å². The number of nitrogens with one attached hydrogen (secondary N) is 1. The zero-order chi connectivity index (χ0) is 29.7. The molecular weight excluding hydrogens is 542 g/mol. The monoisotopic (exact) mass is 577 g/mol. The van der Waals surface area contributed by atoms with Gasteiger partial charge < -0.3 is 19.5 Å². The zero-order valence-electron chi connectivity index (χ0n) is 24.4. The minimum absolute atomic E-state index is 0.0336. The van der Waals surface area contributed by atoms with Gasteiger partial charge in [0.25, 0.3) is 5.91 Å². The molecule has 1 amide bonds. The van der Waals surface area contributed by atoms with E-state index in [2.05, 4.69) is 5.32 Å². The summed E-state index contributed by atoms with van der Waals surface area (Å²) >= 11 is 6.74. The van der Waals surface area contributed by atoms with Gasteiger partial charge in [-0.2, -0.15) is 0 Å². The van der Waals surface area contributed by atoms with Crippen LogP contribution in [0.4, 0.5) is 5.69 Å². The standard InChI is InChI=1S/C33H36ClNO6/c1-18-8-7-9-20(10-18)35-27(38)17-40-31-21(34)11-19(12-24(31)39-6)28-29-22(36)13-32(2,3)15-25(29)41-26-16-33(4,5)14-23(37)30(26)28/h7-12,28H,13-17H2,1-6H3,(H,35,38). The van der Waals surface area contributed by atoms with Crippen LogP contribution in [0.25, 0.3) is 0 Å². The van der Waals surface area contributed by atoms with Gasteiger partial charge >= 0.3 is 0 Å². The molecule has 7 nitrogen and oxygen atoms in total. The van der Waals surface area contributed by atoms with Gasteiger partial charge in [-0.05, 0) is 53.1 Å². The largest absolute Gasteiger partial charge is 0.493 e. The number of hydrogen-bond acceptors (Lipinski definition) is 6. The van der Waals surface area contributed by atoms with Crippen LogP contribution >= 0.6 is 11.6 Å². The molecule has 0 saturated carbocycles. The lowest BCUT2D eigenvalue weighted by Crippen LogP contribution is -2.37. The van der Waals surface area contributed by atoms with Crippen molar-refractivity contribution in [2.45, 2.75) is 66.2 Å². The zero-order valence-corrected chi connectivity index (χ0v) is 25.2. The molecular formula is C33H36ClNO6. The van der Waals surface area contributed by atoms with E-state index in [0.29, 0.717) is 65.3 Å². The third-order valence-electron chi connectivity index (χ3n) is 7.82. The molecule has 1 N–H and O–H groups in total. The van der Waals surface area contributed by atoms with Gasteiger partial charge in [-0.25, -0.2) is 0 Å². The predicted octanol–water partition coefficient (Wildman–Crippen LogP) is 7.07. The van der Waals surface area contributed by atoms with E-state index in [1.165, 1.54) is 7.11 Å². The fraction of sp³-hybridized carbons (Fsp3) is 0.424. The van der Waals surface area contributed by atoms with Gasteiger partial charge in [0.2, 0.25) is 0 Å². The van der Waals surface area contributed by atoms with Gasteiger partial charge in [-0.15, -0.1) is 0 Å². The highest BCUT2D eigenvalue weighted by Gasteiger charge is 2.48. The fourth-order valence-electron chi connectivity index (χ4n) is 6.11. The van der Waals surface area contributed by atoms with Gasteiger partial charge in [-0.1, -0.05) is 51.4 Å². The Balaban J connectivity index is 1.50. The van der Waals surface area contributed by atoms with E-state index in [9.17, 15) is 14.4 Å². The van der Waals surface area contributed by atoms with Gasteiger partial charge in [0.1, 0.15) is 11.5 Å². The number of Topliss-reactive ketones (excluding diaryl/α,β-unsaturated/α-hetero) is 2. The van der Waals surface area contributed by atoms with Crippen LogP contribution in [0.2, 0.25) is 5.02 Å². The predicted molar refractivity (Wildman–Crippen MR) is 157 cm³/mol. The van der Waals surface area contributed by atoms with Crippen LogP contribution in [0.1, 0.15) is 70.4 Å². The molecule has 0 bridgehead atoms. The fourth-order valence-corrected chi connectivity index (χ4v) is 6.39. The Morgan fingerprint density at radius 2 is 1.59 bits per heavy atom. The lowest BCUT2D eigenvalue weighted by molar-refractivity contribution is -0.120. The van der Waals surface area contributed by atoms with Gasteiger partial charge in [-0.3, -0.25) is 14.4 Å². The summed E-state index contributed by atoms with van der Waals surface area (Å²) in [6, 6.07) is 10.9. The minimum atomic E-state index is -0.619. The summed E-state index contributed by atoms with van der Waals surface area (Å²) in [4.78, 5) is 39.8. The molecule has 41 heavy (non-hydrogen) atoms. The number of carbonyl (C=O) groups excluding carboxylic acids is 3. The normalized spacial score (nSPS) is 19.8. The van der Waals surface area contributed by atoms with Crippen molar-refractivity contribution >= 4 is 34.8 Å². The summed E-state index contributed by atoms with van der Waals surface area (Å²) in [6.07, 6.45) is 1.91. The first-order valence-corrected chi connectivity index (χ1v) is 14.2. The maximum absolute atomic E-state index is 13.6. The third-order valence-corrected chi connectivity index (χ3v) is 8.10. The average molecular weight is 578 g/mol. The number of methoxy groups -OCH3 is 1. The van der Waals surface area contributed by atoms with Crippen molar-refractivity contribution in [2.24, 2.45) is 10.8 Å². The quantitative estimate of drug-likeness (QED) is 0.395. The van der Waals surface area contributed by atoms with Crippen molar-refractivity contribution in [3.05, 3.63) is 75.2 Å². The molecule has 3 aliphatic rings. The molecule has 0 atom stereocenters. The Morgan fingerprint density at radius 1 is 0.976 bits per heavy atom. The first-order valence-electron chi connectivity index (χ1n) is 13.8. The summed E-state index contributed by atoms with van der Waals surface area (Å²) in [5.41, 5.74) is 2.86. The van der Waals surface area contributed by atoms with Gasteiger partial charge in [0.05, 0.1) is 12.1 Å². The van der Waals surface area contributed by atoms with E-state index in [-0.39, 0.29) is 45.7 Å². The number of aryl methyl sites for hydroxylation is 1. The molecule has 216 valence electrons. The van der Waals surface area contributed by atoms with Crippen molar-refractivity contribution < 1.29 is 28.6 Å². The third kappa shape index (κ3) is 5.91. The SMILES string of the molecule is COc1cc(C2C3=C(CC(C)(C)CC3=O)OC3=C2C(=O)CC(C)(C)C3)cc(Cl)c1OCC(=O)Nc1cccc(C)c1. The second-order valence-electron chi connectivity index (χ2n) is 12.8. The molecule has 0 saturated heterocycles.